The Balaban J connectivity index is 2.80. The monoisotopic (exact) mass is 257 g/mol. The average Bonchev–Trinajstić information content (AvgIpc) is 2.07. The third-order valence-corrected chi connectivity index (χ3v) is 2.22. The fraction of sp³-hybridized carbons (Fsp3) is 0.333. The van der Waals surface area contributed by atoms with E-state index in [4.69, 9.17) is 5.73 Å². The fourth-order valence-corrected chi connectivity index (χ4v) is 1.10. The number of nitrogens with two attached hydrogens (primary N) is 1. The summed E-state index contributed by atoms with van der Waals surface area (Å²) in [7, 11) is 0. The highest BCUT2D eigenvalue weighted by atomic mass is 79.9. The van der Waals surface area contributed by atoms with Gasteiger partial charge in [-0.1, -0.05) is 0 Å². The van der Waals surface area contributed by atoms with Gasteiger partial charge in [0, 0.05) is 6.20 Å². The molecule has 1 aromatic heterocycles. The number of anilines is 1. The molecule has 0 spiro atoms. The molecule has 0 unspecified atom stereocenters. The van der Waals surface area contributed by atoms with Crippen molar-refractivity contribution >= 4 is 27.7 Å². The zero-order valence-corrected chi connectivity index (χ0v) is 9.63. The van der Waals surface area contributed by atoms with Crippen molar-refractivity contribution < 1.29 is 4.79 Å². The Morgan fingerprint density at radius 3 is 2.79 bits per heavy atom. The van der Waals surface area contributed by atoms with E-state index in [0.717, 1.165) is 4.47 Å². The predicted octanol–water partition coefficient (Wildman–Crippen LogP) is 1.52. The summed E-state index contributed by atoms with van der Waals surface area (Å²) in [5, 5.41) is 2.63. The van der Waals surface area contributed by atoms with E-state index in [1.54, 1.807) is 32.2 Å². The van der Waals surface area contributed by atoms with Crippen molar-refractivity contribution in [1.29, 1.82) is 0 Å². The first-order chi connectivity index (χ1) is 6.41. The van der Waals surface area contributed by atoms with Crippen LogP contribution in [-0.4, -0.2) is 16.4 Å². The second-order valence-corrected chi connectivity index (χ2v) is 4.36. The zero-order valence-electron chi connectivity index (χ0n) is 8.04. The van der Waals surface area contributed by atoms with Gasteiger partial charge in [-0.25, -0.2) is 4.98 Å². The molecule has 0 atom stereocenters. The number of pyridine rings is 1. The molecule has 1 rings (SSSR count). The molecule has 0 saturated carbocycles. The van der Waals surface area contributed by atoms with Crippen LogP contribution < -0.4 is 11.1 Å². The second kappa shape index (κ2) is 4.06. The molecule has 1 amide bonds. The van der Waals surface area contributed by atoms with Crippen LogP contribution in [-0.2, 0) is 4.79 Å². The Bertz CT molecular complexity index is 346. The van der Waals surface area contributed by atoms with Crippen LogP contribution in [0, 0.1) is 0 Å². The zero-order chi connectivity index (χ0) is 10.8. The molecule has 1 aromatic rings. The predicted molar refractivity (Wildman–Crippen MR) is 58.8 cm³/mol. The summed E-state index contributed by atoms with van der Waals surface area (Å²) >= 11 is 3.27. The van der Waals surface area contributed by atoms with Gasteiger partial charge in [0.1, 0.15) is 5.82 Å². The van der Waals surface area contributed by atoms with Gasteiger partial charge in [-0.05, 0) is 41.9 Å². The Morgan fingerprint density at radius 1 is 1.64 bits per heavy atom. The summed E-state index contributed by atoms with van der Waals surface area (Å²) in [6.45, 7) is 3.28. The van der Waals surface area contributed by atoms with E-state index in [9.17, 15) is 4.79 Å². The smallest absolute Gasteiger partial charge is 0.245 e. The SMILES string of the molecule is CC(C)(N)C(=O)Nc1ncccc1Br. The van der Waals surface area contributed by atoms with E-state index >= 15 is 0 Å². The van der Waals surface area contributed by atoms with Crippen LogP contribution in [0.5, 0.6) is 0 Å². The van der Waals surface area contributed by atoms with Crippen molar-refractivity contribution in [2.24, 2.45) is 5.73 Å². The van der Waals surface area contributed by atoms with Gasteiger partial charge in [-0.2, -0.15) is 0 Å². The van der Waals surface area contributed by atoms with Crippen molar-refractivity contribution in [2.75, 3.05) is 5.32 Å². The molecule has 1 heterocycles. The average molecular weight is 258 g/mol. The highest BCUT2D eigenvalue weighted by Gasteiger charge is 2.22. The van der Waals surface area contributed by atoms with E-state index in [1.165, 1.54) is 0 Å². The first-order valence-electron chi connectivity index (χ1n) is 4.12. The lowest BCUT2D eigenvalue weighted by atomic mass is 10.1. The van der Waals surface area contributed by atoms with Crippen molar-refractivity contribution in [2.45, 2.75) is 19.4 Å². The largest absolute Gasteiger partial charge is 0.318 e. The molecular weight excluding hydrogens is 246 g/mol. The van der Waals surface area contributed by atoms with E-state index in [0.29, 0.717) is 5.82 Å². The maximum atomic E-state index is 11.5. The second-order valence-electron chi connectivity index (χ2n) is 3.51. The van der Waals surface area contributed by atoms with Crippen LogP contribution >= 0.6 is 15.9 Å². The highest BCUT2D eigenvalue weighted by molar-refractivity contribution is 9.10. The van der Waals surface area contributed by atoms with Gasteiger partial charge in [0.25, 0.3) is 0 Å². The lowest BCUT2D eigenvalue weighted by Crippen LogP contribution is -2.45. The Kier molecular flexibility index (Phi) is 3.23. The number of amides is 1. The molecule has 0 aliphatic heterocycles. The summed E-state index contributed by atoms with van der Waals surface area (Å²) < 4.78 is 0.734. The van der Waals surface area contributed by atoms with Crippen LogP contribution in [0.15, 0.2) is 22.8 Å². The Labute approximate surface area is 91.0 Å². The van der Waals surface area contributed by atoms with Crippen LogP contribution in [0.3, 0.4) is 0 Å². The van der Waals surface area contributed by atoms with Gasteiger partial charge in [0.15, 0.2) is 0 Å². The lowest BCUT2D eigenvalue weighted by molar-refractivity contribution is -0.120. The molecule has 0 fully saturated rings. The van der Waals surface area contributed by atoms with Gasteiger partial charge >= 0.3 is 0 Å². The van der Waals surface area contributed by atoms with Gasteiger partial charge in [0.2, 0.25) is 5.91 Å². The van der Waals surface area contributed by atoms with Gasteiger partial charge in [-0.3, -0.25) is 4.79 Å². The topological polar surface area (TPSA) is 68.0 Å². The normalized spacial score (nSPS) is 11.1. The van der Waals surface area contributed by atoms with Crippen molar-refractivity contribution in [3.05, 3.63) is 22.8 Å². The molecule has 0 bridgehead atoms. The summed E-state index contributed by atoms with van der Waals surface area (Å²) in [6, 6.07) is 3.57. The summed E-state index contributed by atoms with van der Waals surface area (Å²) in [5.74, 6) is 0.216. The minimum atomic E-state index is -0.906. The number of carbonyl (C=O) groups excluding carboxylic acids is 1. The molecule has 0 radical (unpaired) electrons. The standard InChI is InChI=1S/C9H12BrN3O/c1-9(2,11)8(14)13-7-6(10)4-3-5-12-7/h3-5H,11H2,1-2H3,(H,12,13,14). The van der Waals surface area contributed by atoms with Crippen molar-refractivity contribution in [3.63, 3.8) is 0 Å². The van der Waals surface area contributed by atoms with Gasteiger partial charge < -0.3 is 11.1 Å². The first kappa shape index (κ1) is 11.1. The summed E-state index contributed by atoms with van der Waals surface area (Å²) in [5.41, 5.74) is 4.72. The number of nitrogens with zero attached hydrogens (tertiary/aromatic N) is 1. The number of rotatable bonds is 2. The molecule has 0 saturated heterocycles. The molecule has 0 aromatic carbocycles. The van der Waals surface area contributed by atoms with Crippen molar-refractivity contribution in [1.82, 2.24) is 4.98 Å². The maximum Gasteiger partial charge on any atom is 0.245 e. The highest BCUT2D eigenvalue weighted by Crippen LogP contribution is 2.18. The molecule has 14 heavy (non-hydrogen) atoms. The molecule has 5 heteroatoms. The van der Waals surface area contributed by atoms with E-state index < -0.39 is 5.54 Å². The third-order valence-electron chi connectivity index (χ3n) is 1.58. The maximum absolute atomic E-state index is 11.5. The summed E-state index contributed by atoms with van der Waals surface area (Å²) in [4.78, 5) is 15.5. The number of nitrogens with one attached hydrogen (secondary N) is 1. The number of carbonyl (C=O) groups is 1. The van der Waals surface area contributed by atoms with E-state index in [-0.39, 0.29) is 5.91 Å². The van der Waals surface area contributed by atoms with Crippen molar-refractivity contribution in [3.8, 4) is 0 Å². The number of hydrogen-bond acceptors (Lipinski definition) is 3. The number of aromatic nitrogens is 1. The lowest BCUT2D eigenvalue weighted by Gasteiger charge is -2.17. The Morgan fingerprint density at radius 2 is 2.29 bits per heavy atom. The Hall–Kier alpha value is -0.940. The van der Waals surface area contributed by atoms with Crippen LogP contribution in [0.25, 0.3) is 0 Å². The van der Waals surface area contributed by atoms with E-state index in [2.05, 4.69) is 26.2 Å². The summed E-state index contributed by atoms with van der Waals surface area (Å²) in [6.07, 6.45) is 1.60. The van der Waals surface area contributed by atoms with E-state index in [1.807, 2.05) is 0 Å². The minimum Gasteiger partial charge on any atom is -0.318 e. The molecule has 3 N–H and O–H groups in total. The van der Waals surface area contributed by atoms with Gasteiger partial charge in [0.05, 0.1) is 10.0 Å². The number of halogens is 1. The molecular formula is C9H12BrN3O. The van der Waals surface area contributed by atoms with Crippen LogP contribution in [0.4, 0.5) is 5.82 Å². The van der Waals surface area contributed by atoms with Crippen LogP contribution in [0.1, 0.15) is 13.8 Å². The van der Waals surface area contributed by atoms with Gasteiger partial charge in [-0.15, -0.1) is 0 Å². The third kappa shape index (κ3) is 2.78. The van der Waals surface area contributed by atoms with Crippen LogP contribution in [0.2, 0.25) is 0 Å². The molecule has 76 valence electrons. The molecule has 0 aliphatic rings. The fourth-order valence-electron chi connectivity index (χ4n) is 0.746. The first-order valence-corrected chi connectivity index (χ1v) is 4.91. The minimum absolute atomic E-state index is 0.267. The number of hydrogen-bond donors (Lipinski definition) is 2. The molecule has 4 nitrogen and oxygen atoms in total. The molecule has 0 aliphatic carbocycles. The quantitative estimate of drug-likeness (QED) is 0.845.